The minimum atomic E-state index is -4.32. The first kappa shape index (κ1) is 35.8. The van der Waals surface area contributed by atoms with Crippen molar-refractivity contribution in [2.24, 2.45) is 5.11 Å². The van der Waals surface area contributed by atoms with Crippen molar-refractivity contribution in [2.75, 3.05) is 13.2 Å². The Balaban J connectivity index is 1.71. The van der Waals surface area contributed by atoms with E-state index >= 15 is 0 Å². The number of carbonyl (C=O) groups is 1. The Kier molecular flexibility index (Phi) is 12.2. The Hall–Kier alpha value is -3.03. The largest absolute Gasteiger partial charge is 0.508 e. The number of hydrogen-bond donors (Lipinski definition) is 0. The molecule has 15 heteroatoms. The van der Waals surface area contributed by atoms with Crippen molar-refractivity contribution in [2.45, 2.75) is 89.4 Å². The Morgan fingerprint density at radius 1 is 1.09 bits per heavy atom. The highest BCUT2D eigenvalue weighted by Gasteiger charge is 2.54. The zero-order chi connectivity index (χ0) is 33.4. The minimum absolute atomic E-state index is 0.0556. The van der Waals surface area contributed by atoms with Crippen LogP contribution in [0.25, 0.3) is 10.4 Å². The quantitative estimate of drug-likeness (QED) is 0.0418. The van der Waals surface area contributed by atoms with Crippen molar-refractivity contribution in [3.8, 4) is 0 Å². The summed E-state index contributed by atoms with van der Waals surface area (Å²) in [5.74, 6) is 0. The lowest BCUT2D eigenvalue weighted by atomic mass is 9.97. The number of rotatable bonds is 12. The highest BCUT2D eigenvalue weighted by molar-refractivity contribution is 7.48. The van der Waals surface area contributed by atoms with Crippen LogP contribution in [0.2, 0.25) is 18.1 Å². The molecule has 2 aromatic rings. The van der Waals surface area contributed by atoms with Crippen LogP contribution in [-0.2, 0) is 61.3 Å². The van der Waals surface area contributed by atoms with E-state index in [0.717, 1.165) is 16.7 Å². The second kappa shape index (κ2) is 15.7. The summed E-state index contributed by atoms with van der Waals surface area (Å²) >= 11 is 0. The standard InChI is InChI=1S/C31H42N3O10PSi/c1-7-17-38-30(35)42-28-26(33-34-32)29(44-46(5,6)31(2,3)4)41-25(21-37-18-22-13-9-8-10-14-22)27(28)43-45(36)39-19-23-15-11-12-16-24(23)20-40-45/h7-16,25-29H,1,17-21H2,2-6H3/t25?,26?,27-,28+,29-/m0/s1. The van der Waals surface area contributed by atoms with Gasteiger partial charge in [-0.3, -0.25) is 13.6 Å². The number of carbonyl (C=O) groups excluding carboxylic acids is 1. The predicted molar refractivity (Wildman–Crippen MR) is 171 cm³/mol. The number of hydrogen-bond acceptors (Lipinski definition) is 11. The van der Waals surface area contributed by atoms with Crippen LogP contribution in [0.1, 0.15) is 37.5 Å². The molecule has 1 fully saturated rings. The molecule has 2 unspecified atom stereocenters. The molecule has 0 spiro atoms. The van der Waals surface area contributed by atoms with E-state index in [1.807, 2.05) is 88.5 Å². The molecule has 0 bridgehead atoms. The first-order chi connectivity index (χ1) is 21.9. The molecule has 0 aromatic heterocycles. The van der Waals surface area contributed by atoms with Crippen molar-refractivity contribution in [1.29, 1.82) is 0 Å². The van der Waals surface area contributed by atoms with Gasteiger partial charge in [-0.2, -0.15) is 0 Å². The molecule has 2 heterocycles. The van der Waals surface area contributed by atoms with Crippen LogP contribution in [0.5, 0.6) is 0 Å². The monoisotopic (exact) mass is 675 g/mol. The molecule has 2 aromatic carbocycles. The smallest absolute Gasteiger partial charge is 0.430 e. The summed E-state index contributed by atoms with van der Waals surface area (Å²) in [6.45, 7) is 13.5. The molecule has 2 aliphatic heterocycles. The Bertz CT molecular complexity index is 1400. The Morgan fingerprint density at radius 3 is 2.30 bits per heavy atom. The van der Waals surface area contributed by atoms with Gasteiger partial charge in [-0.25, -0.2) is 9.36 Å². The second-order valence-corrected chi connectivity index (χ2v) is 18.8. The van der Waals surface area contributed by atoms with Crippen LogP contribution >= 0.6 is 7.82 Å². The van der Waals surface area contributed by atoms with Crippen molar-refractivity contribution in [3.05, 3.63) is 94.4 Å². The van der Waals surface area contributed by atoms with Crippen molar-refractivity contribution >= 4 is 22.3 Å². The first-order valence-electron chi connectivity index (χ1n) is 14.9. The van der Waals surface area contributed by atoms with Gasteiger partial charge in [0.15, 0.2) is 14.6 Å². The zero-order valence-electron chi connectivity index (χ0n) is 26.8. The van der Waals surface area contributed by atoms with E-state index in [0.29, 0.717) is 0 Å². The van der Waals surface area contributed by atoms with Crippen molar-refractivity contribution in [3.63, 3.8) is 0 Å². The maximum Gasteiger partial charge on any atom is 0.508 e. The van der Waals surface area contributed by atoms with Gasteiger partial charge in [0.2, 0.25) is 0 Å². The number of phosphoric acid groups is 1. The molecule has 46 heavy (non-hydrogen) atoms. The van der Waals surface area contributed by atoms with Gasteiger partial charge in [-0.05, 0) is 40.4 Å². The molecule has 5 atom stereocenters. The lowest BCUT2D eigenvalue weighted by molar-refractivity contribution is -0.245. The van der Waals surface area contributed by atoms with Crippen LogP contribution in [0.3, 0.4) is 0 Å². The molecule has 0 N–H and O–H groups in total. The Labute approximate surface area is 270 Å². The topological polar surface area (TPSA) is 157 Å². The summed E-state index contributed by atoms with van der Waals surface area (Å²) < 4.78 is 61.5. The number of fused-ring (bicyclic) bond motifs is 1. The lowest BCUT2D eigenvalue weighted by Gasteiger charge is -2.47. The van der Waals surface area contributed by atoms with Crippen LogP contribution in [-0.4, -0.2) is 58.3 Å². The van der Waals surface area contributed by atoms with Crippen LogP contribution < -0.4 is 0 Å². The number of phosphoric ester groups is 1. The Morgan fingerprint density at radius 2 is 1.72 bits per heavy atom. The molecule has 4 rings (SSSR count). The van der Waals surface area contributed by atoms with Crippen LogP contribution in [0.4, 0.5) is 4.79 Å². The van der Waals surface area contributed by atoms with Gasteiger partial charge in [-0.15, -0.1) is 0 Å². The van der Waals surface area contributed by atoms with E-state index in [2.05, 4.69) is 16.6 Å². The molecule has 250 valence electrons. The minimum Gasteiger partial charge on any atom is -0.430 e. The van der Waals surface area contributed by atoms with E-state index in [4.69, 9.17) is 36.9 Å². The summed E-state index contributed by atoms with van der Waals surface area (Å²) in [6.07, 6.45) is -4.73. The third kappa shape index (κ3) is 9.28. The third-order valence-electron chi connectivity index (χ3n) is 8.09. The average Bonchev–Trinajstić information content (AvgIpc) is 3.18. The fraction of sp³-hybridized carbons (Fsp3) is 0.516. The third-order valence-corrected chi connectivity index (χ3v) is 13.9. The van der Waals surface area contributed by atoms with Crippen molar-refractivity contribution in [1.82, 2.24) is 0 Å². The fourth-order valence-electron chi connectivity index (χ4n) is 4.56. The summed E-state index contributed by atoms with van der Waals surface area (Å²) in [4.78, 5) is 15.9. The predicted octanol–water partition coefficient (Wildman–Crippen LogP) is 7.58. The molecule has 13 nitrogen and oxygen atoms in total. The van der Waals surface area contributed by atoms with Gasteiger partial charge in [-0.1, -0.05) is 93.1 Å². The molecular formula is C31H42N3O10PSi. The number of nitrogens with zero attached hydrogens (tertiary/aromatic N) is 3. The van der Waals surface area contributed by atoms with Gasteiger partial charge in [0.1, 0.15) is 31.0 Å². The average molecular weight is 676 g/mol. The van der Waals surface area contributed by atoms with Gasteiger partial charge < -0.3 is 23.4 Å². The van der Waals surface area contributed by atoms with Crippen molar-refractivity contribution < 1.29 is 46.3 Å². The fourth-order valence-corrected chi connectivity index (χ4v) is 7.03. The molecule has 0 aliphatic carbocycles. The summed E-state index contributed by atoms with van der Waals surface area (Å²) in [6, 6.07) is 15.5. The summed E-state index contributed by atoms with van der Waals surface area (Å²) in [7, 11) is -6.89. The van der Waals surface area contributed by atoms with E-state index in [-0.39, 0.29) is 38.1 Å². The number of ether oxygens (including phenoxy) is 4. The van der Waals surface area contributed by atoms with Gasteiger partial charge in [0.05, 0.1) is 26.4 Å². The van der Waals surface area contributed by atoms with Crippen LogP contribution in [0, 0.1) is 0 Å². The van der Waals surface area contributed by atoms with Gasteiger partial charge in [0, 0.05) is 4.91 Å². The number of benzene rings is 2. The van der Waals surface area contributed by atoms with Crippen LogP contribution in [0.15, 0.2) is 72.4 Å². The maximum absolute atomic E-state index is 14.1. The highest BCUT2D eigenvalue weighted by atomic mass is 31.2. The number of azide groups is 1. The van der Waals surface area contributed by atoms with E-state index in [9.17, 15) is 14.9 Å². The summed E-state index contributed by atoms with van der Waals surface area (Å²) in [5, 5.41) is 3.67. The van der Waals surface area contributed by atoms with E-state index < -0.39 is 52.9 Å². The van der Waals surface area contributed by atoms with Gasteiger partial charge >= 0.3 is 14.0 Å². The molecule has 1 saturated heterocycles. The van der Waals surface area contributed by atoms with Gasteiger partial charge in [0.25, 0.3) is 0 Å². The zero-order valence-corrected chi connectivity index (χ0v) is 28.7. The molecular weight excluding hydrogens is 633 g/mol. The summed E-state index contributed by atoms with van der Waals surface area (Å²) in [5.41, 5.74) is 12.1. The lowest BCUT2D eigenvalue weighted by Crippen LogP contribution is -2.62. The molecule has 0 radical (unpaired) electrons. The van der Waals surface area contributed by atoms with E-state index in [1.165, 1.54) is 6.08 Å². The molecule has 2 aliphatic rings. The molecule has 0 amide bonds. The highest BCUT2D eigenvalue weighted by Crippen LogP contribution is 2.55. The second-order valence-electron chi connectivity index (χ2n) is 12.4. The maximum atomic E-state index is 14.1. The van der Waals surface area contributed by atoms with E-state index in [1.54, 1.807) is 0 Å². The molecule has 0 saturated carbocycles. The normalized spacial score (nSPS) is 24.5. The SMILES string of the molecule is C=CCOC(=O)O[C@@H]1C(N=[N+]=[N-])[C@H](O[Si](C)(C)C(C)(C)C)OC(COCc2ccccc2)[C@@H]1OP1(=O)OCc2ccccc2CO1. The first-order valence-corrected chi connectivity index (χ1v) is 19.3.